The molecule has 2 rings (SSSR count). The van der Waals surface area contributed by atoms with Crippen LogP contribution >= 0.6 is 11.3 Å². The van der Waals surface area contributed by atoms with Crippen molar-refractivity contribution in [2.75, 3.05) is 12.4 Å². The van der Waals surface area contributed by atoms with Gasteiger partial charge in [-0.3, -0.25) is 4.79 Å². The lowest BCUT2D eigenvalue weighted by atomic mass is 10.1. The van der Waals surface area contributed by atoms with Gasteiger partial charge in [0.1, 0.15) is 5.00 Å². The maximum Gasteiger partial charge on any atom is 0.341 e. The number of ether oxygens (including phenoxy) is 1. The van der Waals surface area contributed by atoms with Crippen LogP contribution in [-0.4, -0.2) is 25.0 Å². The molecule has 6 heteroatoms. The Kier molecular flexibility index (Phi) is 4.25. The number of amides is 1. The summed E-state index contributed by atoms with van der Waals surface area (Å²) in [5, 5.41) is 3.37. The van der Waals surface area contributed by atoms with Crippen LogP contribution in [0.25, 0.3) is 0 Å². The Morgan fingerprint density at radius 1 is 1.40 bits per heavy atom. The maximum absolute atomic E-state index is 12.2. The predicted octanol–water partition coefficient (Wildman–Crippen LogP) is 1.99. The van der Waals surface area contributed by atoms with Gasteiger partial charge in [0.05, 0.1) is 18.6 Å². The third kappa shape index (κ3) is 2.76. The summed E-state index contributed by atoms with van der Waals surface area (Å²) in [5.41, 5.74) is 7.03. The fourth-order valence-corrected chi connectivity index (χ4v) is 3.24. The second-order valence-corrected chi connectivity index (χ2v) is 6.08. The van der Waals surface area contributed by atoms with E-state index in [-0.39, 0.29) is 17.9 Å². The number of carbonyl (C=O) groups is 2. The molecule has 3 N–H and O–H groups in total. The van der Waals surface area contributed by atoms with Gasteiger partial charge in [0.15, 0.2) is 0 Å². The van der Waals surface area contributed by atoms with E-state index in [1.54, 1.807) is 0 Å². The first kappa shape index (κ1) is 14.7. The molecule has 1 aliphatic rings. The monoisotopic (exact) mass is 294 g/mol. The van der Waals surface area contributed by atoms with Gasteiger partial charge >= 0.3 is 5.97 Å². The van der Waals surface area contributed by atoms with Gasteiger partial charge in [-0.2, -0.15) is 0 Å². The Hall–Kier alpha value is -1.66. The Labute approximate surface area is 121 Å². The van der Waals surface area contributed by atoms with Gasteiger partial charge in [0, 0.05) is 10.9 Å². The Bertz CT molecular complexity index is 577. The average molecular weight is 294 g/mol. The summed E-state index contributed by atoms with van der Waals surface area (Å²) in [6, 6.07) is -0.0716. The Morgan fingerprint density at radius 2 is 2.10 bits per heavy atom. The van der Waals surface area contributed by atoms with Crippen molar-refractivity contribution in [3.05, 3.63) is 28.2 Å². The van der Waals surface area contributed by atoms with Gasteiger partial charge < -0.3 is 15.8 Å². The molecule has 0 spiro atoms. The van der Waals surface area contributed by atoms with Gasteiger partial charge in [0.25, 0.3) is 0 Å². The van der Waals surface area contributed by atoms with E-state index in [9.17, 15) is 9.59 Å². The minimum Gasteiger partial charge on any atom is -0.465 e. The number of nitrogens with one attached hydrogen (secondary N) is 1. The van der Waals surface area contributed by atoms with Crippen LogP contribution in [0.1, 0.15) is 27.2 Å². The first-order valence-electron chi connectivity index (χ1n) is 6.37. The van der Waals surface area contributed by atoms with E-state index >= 15 is 0 Å². The molecule has 0 fully saturated rings. The molecule has 5 nitrogen and oxygen atoms in total. The molecule has 20 heavy (non-hydrogen) atoms. The zero-order valence-corrected chi connectivity index (χ0v) is 12.5. The van der Waals surface area contributed by atoms with Gasteiger partial charge in [-0.15, -0.1) is 11.3 Å². The molecule has 1 aromatic rings. The summed E-state index contributed by atoms with van der Waals surface area (Å²) < 4.78 is 4.78. The molecule has 2 atom stereocenters. The number of carbonyl (C=O) groups excluding carboxylic acids is 2. The number of aryl methyl sites for hydroxylation is 1. The van der Waals surface area contributed by atoms with E-state index in [4.69, 9.17) is 10.5 Å². The highest BCUT2D eigenvalue weighted by molar-refractivity contribution is 7.16. The highest BCUT2D eigenvalue weighted by Gasteiger charge is 2.26. The zero-order valence-electron chi connectivity index (χ0n) is 11.7. The van der Waals surface area contributed by atoms with E-state index in [0.717, 1.165) is 10.4 Å². The van der Waals surface area contributed by atoms with E-state index in [1.807, 2.05) is 26.0 Å². The molecule has 1 aromatic heterocycles. The zero-order chi connectivity index (χ0) is 14.9. The molecule has 1 aliphatic carbocycles. The number of anilines is 1. The smallest absolute Gasteiger partial charge is 0.341 e. The molecular formula is C14H18N2O3S. The van der Waals surface area contributed by atoms with Crippen molar-refractivity contribution in [2.24, 2.45) is 11.7 Å². The minimum absolute atomic E-state index is 0.0716. The molecule has 2 unspecified atom stereocenters. The summed E-state index contributed by atoms with van der Waals surface area (Å²) >= 11 is 1.38. The van der Waals surface area contributed by atoms with E-state index in [2.05, 4.69) is 5.32 Å². The van der Waals surface area contributed by atoms with Crippen LogP contribution in [0, 0.1) is 19.8 Å². The van der Waals surface area contributed by atoms with Crippen LogP contribution in [0.2, 0.25) is 0 Å². The number of rotatable bonds is 3. The van der Waals surface area contributed by atoms with Crippen molar-refractivity contribution in [2.45, 2.75) is 26.3 Å². The molecule has 0 bridgehead atoms. The quantitative estimate of drug-likeness (QED) is 0.660. The molecule has 0 saturated heterocycles. The number of methoxy groups -OCH3 is 1. The lowest BCUT2D eigenvalue weighted by Crippen LogP contribution is -2.24. The van der Waals surface area contributed by atoms with Crippen molar-refractivity contribution in [3.8, 4) is 0 Å². The average Bonchev–Trinajstić information content (AvgIpc) is 2.94. The second-order valence-electron chi connectivity index (χ2n) is 4.86. The van der Waals surface area contributed by atoms with Crippen LogP contribution in [0.15, 0.2) is 12.2 Å². The van der Waals surface area contributed by atoms with Gasteiger partial charge in [-0.1, -0.05) is 12.2 Å². The number of hydrogen-bond acceptors (Lipinski definition) is 5. The summed E-state index contributed by atoms with van der Waals surface area (Å²) in [6.45, 7) is 3.76. The van der Waals surface area contributed by atoms with Gasteiger partial charge in [0.2, 0.25) is 5.91 Å². The van der Waals surface area contributed by atoms with E-state index in [0.29, 0.717) is 17.0 Å². The molecule has 0 saturated carbocycles. The summed E-state index contributed by atoms with van der Waals surface area (Å²) in [6.07, 6.45) is 4.24. The van der Waals surface area contributed by atoms with Crippen molar-refractivity contribution in [1.29, 1.82) is 0 Å². The normalized spacial score (nSPS) is 21.0. The first-order valence-corrected chi connectivity index (χ1v) is 7.18. The van der Waals surface area contributed by atoms with Crippen LogP contribution in [-0.2, 0) is 9.53 Å². The molecule has 0 aliphatic heterocycles. The topological polar surface area (TPSA) is 81.4 Å². The van der Waals surface area contributed by atoms with Gasteiger partial charge in [-0.05, 0) is 25.8 Å². The highest BCUT2D eigenvalue weighted by atomic mass is 32.1. The lowest BCUT2D eigenvalue weighted by molar-refractivity contribution is -0.118. The number of esters is 1. The van der Waals surface area contributed by atoms with Crippen LogP contribution in [0.4, 0.5) is 5.00 Å². The first-order chi connectivity index (χ1) is 9.43. The Balaban J connectivity index is 2.21. The van der Waals surface area contributed by atoms with Gasteiger partial charge in [-0.25, -0.2) is 4.79 Å². The van der Waals surface area contributed by atoms with Crippen molar-refractivity contribution < 1.29 is 14.3 Å². The summed E-state index contributed by atoms with van der Waals surface area (Å²) in [5.74, 6) is -0.806. The second kappa shape index (κ2) is 5.76. The van der Waals surface area contributed by atoms with Crippen molar-refractivity contribution in [1.82, 2.24) is 0 Å². The minimum atomic E-state index is -0.430. The summed E-state index contributed by atoms with van der Waals surface area (Å²) in [4.78, 5) is 25.0. The third-order valence-corrected chi connectivity index (χ3v) is 4.59. The van der Waals surface area contributed by atoms with Crippen LogP contribution in [0.5, 0.6) is 0 Å². The van der Waals surface area contributed by atoms with Crippen LogP contribution < -0.4 is 11.1 Å². The largest absolute Gasteiger partial charge is 0.465 e. The number of nitrogens with two attached hydrogens (primary N) is 1. The maximum atomic E-state index is 12.2. The predicted molar refractivity (Wildman–Crippen MR) is 79.0 cm³/mol. The van der Waals surface area contributed by atoms with Crippen molar-refractivity contribution >= 4 is 28.2 Å². The highest BCUT2D eigenvalue weighted by Crippen LogP contribution is 2.33. The Morgan fingerprint density at radius 3 is 2.65 bits per heavy atom. The fraction of sp³-hybridized carbons (Fsp3) is 0.429. The van der Waals surface area contributed by atoms with E-state index in [1.165, 1.54) is 18.4 Å². The SMILES string of the molecule is COC(=O)c1c(NC(=O)C2C=CC(N)C2)sc(C)c1C. The fourth-order valence-electron chi connectivity index (χ4n) is 2.19. The lowest BCUT2D eigenvalue weighted by Gasteiger charge is -2.10. The van der Waals surface area contributed by atoms with E-state index < -0.39 is 5.97 Å². The summed E-state index contributed by atoms with van der Waals surface area (Å²) in [7, 11) is 1.33. The molecule has 1 heterocycles. The molecule has 0 aromatic carbocycles. The van der Waals surface area contributed by atoms with Crippen LogP contribution in [0.3, 0.4) is 0 Å². The molecule has 1 amide bonds. The standard InChI is InChI=1S/C14H18N2O3S/c1-7-8(2)20-13(11(7)14(18)19-3)16-12(17)9-4-5-10(15)6-9/h4-5,9-10H,6,15H2,1-3H3,(H,16,17). The number of thiophene rings is 1. The number of hydrogen-bond donors (Lipinski definition) is 2. The molecular weight excluding hydrogens is 276 g/mol. The third-order valence-electron chi connectivity index (χ3n) is 3.47. The van der Waals surface area contributed by atoms with Crippen molar-refractivity contribution in [3.63, 3.8) is 0 Å². The molecule has 108 valence electrons. The molecule has 0 radical (unpaired) electrons.